The van der Waals surface area contributed by atoms with Crippen LogP contribution in [0, 0.1) is 6.92 Å². The molecular weight excluding hydrogens is 246 g/mol. The molecule has 4 nitrogen and oxygen atoms in total. The Morgan fingerprint density at radius 2 is 2.43 bits per heavy atom. The Hall–Kier alpha value is -0.520. The molecule has 1 aromatic rings. The molecule has 0 aliphatic carbocycles. The van der Waals surface area contributed by atoms with Crippen molar-refractivity contribution in [2.45, 2.75) is 25.5 Å². The second-order valence-corrected chi connectivity index (χ2v) is 4.37. The molecule has 1 saturated heterocycles. The minimum Gasteiger partial charge on any atom is -0.392 e. The van der Waals surface area contributed by atoms with Gasteiger partial charge >= 0.3 is 0 Å². The first-order valence-corrected chi connectivity index (χ1v) is 5.36. The Kier molecular flexibility index (Phi) is 2.80. The van der Waals surface area contributed by atoms with E-state index in [-0.39, 0.29) is 12.1 Å². The topological polar surface area (TPSA) is 58.0 Å². The molecule has 2 atom stereocenters. The summed E-state index contributed by atoms with van der Waals surface area (Å²) in [5, 5.41) is 12.5. The van der Waals surface area contributed by atoms with Crippen molar-refractivity contribution in [2.75, 3.05) is 6.54 Å². The molecule has 2 heterocycles. The number of nitrogens with one attached hydrogen (secondary N) is 1. The molecular formula is C9H12BrN3O. The molecule has 0 aromatic carbocycles. The Morgan fingerprint density at radius 1 is 1.64 bits per heavy atom. The first-order valence-electron chi connectivity index (χ1n) is 4.57. The Bertz CT molecular complexity index is 345. The molecule has 0 spiro atoms. The number of aryl methyl sites for hydroxylation is 1. The van der Waals surface area contributed by atoms with Gasteiger partial charge in [-0.1, -0.05) is 0 Å². The van der Waals surface area contributed by atoms with Gasteiger partial charge < -0.3 is 10.4 Å². The summed E-state index contributed by atoms with van der Waals surface area (Å²) in [6.07, 6.45) is 2.18. The van der Waals surface area contributed by atoms with Gasteiger partial charge in [0.05, 0.1) is 22.3 Å². The first kappa shape index (κ1) is 10.0. The molecule has 0 saturated carbocycles. The van der Waals surface area contributed by atoms with Crippen LogP contribution in [-0.4, -0.2) is 27.7 Å². The maximum absolute atomic E-state index is 9.36. The molecule has 1 aliphatic heterocycles. The van der Waals surface area contributed by atoms with Gasteiger partial charge in [-0.2, -0.15) is 0 Å². The Labute approximate surface area is 90.9 Å². The summed E-state index contributed by atoms with van der Waals surface area (Å²) in [4.78, 5) is 8.58. The molecule has 2 rings (SSSR count). The van der Waals surface area contributed by atoms with Gasteiger partial charge in [0.2, 0.25) is 0 Å². The highest BCUT2D eigenvalue weighted by Crippen LogP contribution is 2.22. The summed E-state index contributed by atoms with van der Waals surface area (Å²) in [7, 11) is 0. The van der Waals surface area contributed by atoms with Crippen molar-refractivity contribution in [2.24, 2.45) is 0 Å². The van der Waals surface area contributed by atoms with Crippen molar-refractivity contribution in [3.05, 3.63) is 22.2 Å². The molecule has 0 radical (unpaired) electrons. The van der Waals surface area contributed by atoms with Crippen LogP contribution in [0.5, 0.6) is 0 Å². The van der Waals surface area contributed by atoms with Crippen LogP contribution in [0.1, 0.15) is 24.0 Å². The zero-order chi connectivity index (χ0) is 10.1. The van der Waals surface area contributed by atoms with E-state index in [2.05, 4.69) is 31.2 Å². The lowest BCUT2D eigenvalue weighted by Gasteiger charge is -2.09. The summed E-state index contributed by atoms with van der Waals surface area (Å²) in [5.74, 6) is 0.766. The highest BCUT2D eigenvalue weighted by atomic mass is 79.9. The number of halogens is 1. The van der Waals surface area contributed by atoms with Gasteiger partial charge in [-0.3, -0.25) is 0 Å². The summed E-state index contributed by atoms with van der Waals surface area (Å²) in [6, 6.07) is 0.0943. The average molecular weight is 258 g/mol. The third kappa shape index (κ3) is 1.94. The number of hydrogen-bond acceptors (Lipinski definition) is 4. The molecule has 76 valence electrons. The molecule has 1 fully saturated rings. The maximum Gasteiger partial charge on any atom is 0.145 e. The van der Waals surface area contributed by atoms with Crippen LogP contribution in [0.3, 0.4) is 0 Å². The lowest BCUT2D eigenvalue weighted by atomic mass is 10.2. The molecule has 0 bridgehead atoms. The standard InChI is InChI=1S/C9H12BrN3O/c1-5-7(10)4-12-9(13-5)8-2-6(14)3-11-8/h4,6,8,11,14H,2-3H2,1H3. The zero-order valence-corrected chi connectivity index (χ0v) is 9.45. The van der Waals surface area contributed by atoms with Crippen molar-refractivity contribution >= 4 is 15.9 Å². The highest BCUT2D eigenvalue weighted by molar-refractivity contribution is 9.10. The number of aromatic nitrogens is 2. The van der Waals surface area contributed by atoms with E-state index in [1.165, 1.54) is 0 Å². The lowest BCUT2D eigenvalue weighted by Crippen LogP contribution is -2.17. The fourth-order valence-corrected chi connectivity index (χ4v) is 1.74. The number of hydrogen-bond donors (Lipinski definition) is 2. The third-order valence-electron chi connectivity index (χ3n) is 2.36. The van der Waals surface area contributed by atoms with E-state index >= 15 is 0 Å². The van der Waals surface area contributed by atoms with Crippen molar-refractivity contribution in [1.82, 2.24) is 15.3 Å². The second-order valence-electron chi connectivity index (χ2n) is 3.51. The van der Waals surface area contributed by atoms with Gasteiger partial charge in [0.25, 0.3) is 0 Å². The minimum absolute atomic E-state index is 0.0943. The maximum atomic E-state index is 9.36. The van der Waals surface area contributed by atoms with Crippen LogP contribution in [0.25, 0.3) is 0 Å². The first-order chi connectivity index (χ1) is 6.66. The van der Waals surface area contributed by atoms with Gasteiger partial charge in [0, 0.05) is 12.7 Å². The quantitative estimate of drug-likeness (QED) is 0.787. The number of aliphatic hydroxyl groups is 1. The molecule has 2 unspecified atom stereocenters. The van der Waals surface area contributed by atoms with E-state index in [4.69, 9.17) is 0 Å². The SMILES string of the molecule is Cc1nc(C2CC(O)CN2)ncc1Br. The van der Waals surface area contributed by atoms with E-state index in [1.807, 2.05) is 6.92 Å². The highest BCUT2D eigenvalue weighted by Gasteiger charge is 2.25. The number of rotatable bonds is 1. The molecule has 5 heteroatoms. The molecule has 1 aromatic heterocycles. The Balaban J connectivity index is 2.20. The molecule has 2 N–H and O–H groups in total. The predicted molar refractivity (Wildman–Crippen MR) is 55.8 cm³/mol. The molecule has 0 amide bonds. The fourth-order valence-electron chi connectivity index (χ4n) is 1.55. The summed E-state index contributed by atoms with van der Waals surface area (Å²) in [5.41, 5.74) is 0.929. The second kappa shape index (κ2) is 3.92. The van der Waals surface area contributed by atoms with E-state index in [0.29, 0.717) is 13.0 Å². The normalized spacial score (nSPS) is 26.8. The summed E-state index contributed by atoms with van der Waals surface area (Å²) >= 11 is 3.36. The van der Waals surface area contributed by atoms with Crippen LogP contribution in [0.15, 0.2) is 10.7 Å². The smallest absolute Gasteiger partial charge is 0.145 e. The predicted octanol–water partition coefficient (Wildman–Crippen LogP) is 0.943. The Morgan fingerprint density at radius 3 is 3.00 bits per heavy atom. The summed E-state index contributed by atoms with van der Waals surface area (Å²) in [6.45, 7) is 2.56. The van der Waals surface area contributed by atoms with Crippen molar-refractivity contribution < 1.29 is 5.11 Å². The van der Waals surface area contributed by atoms with Crippen LogP contribution in [0.4, 0.5) is 0 Å². The van der Waals surface area contributed by atoms with Gasteiger partial charge in [0.1, 0.15) is 5.82 Å². The van der Waals surface area contributed by atoms with E-state index in [9.17, 15) is 5.11 Å². The van der Waals surface area contributed by atoms with Crippen molar-refractivity contribution in [3.63, 3.8) is 0 Å². The summed E-state index contributed by atoms with van der Waals surface area (Å²) < 4.78 is 0.916. The minimum atomic E-state index is -0.271. The van der Waals surface area contributed by atoms with Gasteiger partial charge in [0.15, 0.2) is 0 Å². The van der Waals surface area contributed by atoms with Gasteiger partial charge in [-0.05, 0) is 29.3 Å². The van der Waals surface area contributed by atoms with E-state index in [0.717, 1.165) is 16.0 Å². The largest absolute Gasteiger partial charge is 0.392 e. The zero-order valence-electron chi connectivity index (χ0n) is 7.87. The molecule has 1 aliphatic rings. The van der Waals surface area contributed by atoms with E-state index < -0.39 is 0 Å². The van der Waals surface area contributed by atoms with Crippen molar-refractivity contribution in [3.8, 4) is 0 Å². The third-order valence-corrected chi connectivity index (χ3v) is 3.14. The van der Waals surface area contributed by atoms with Crippen molar-refractivity contribution in [1.29, 1.82) is 0 Å². The number of β-amino-alcohol motifs (C(OH)–C–C–N with tert-alkyl or cyclic N) is 1. The fraction of sp³-hybridized carbons (Fsp3) is 0.556. The van der Waals surface area contributed by atoms with Crippen LogP contribution < -0.4 is 5.32 Å². The van der Waals surface area contributed by atoms with Crippen LogP contribution >= 0.6 is 15.9 Å². The lowest BCUT2D eigenvalue weighted by molar-refractivity contribution is 0.193. The number of aliphatic hydroxyl groups excluding tert-OH is 1. The van der Waals surface area contributed by atoms with Crippen LogP contribution in [-0.2, 0) is 0 Å². The van der Waals surface area contributed by atoms with E-state index in [1.54, 1.807) is 6.20 Å². The van der Waals surface area contributed by atoms with Gasteiger partial charge in [-0.15, -0.1) is 0 Å². The van der Waals surface area contributed by atoms with Crippen LogP contribution in [0.2, 0.25) is 0 Å². The van der Waals surface area contributed by atoms with Gasteiger partial charge in [-0.25, -0.2) is 9.97 Å². The average Bonchev–Trinajstić information content (AvgIpc) is 2.57. The number of nitrogens with zero attached hydrogens (tertiary/aromatic N) is 2. The molecule has 14 heavy (non-hydrogen) atoms. The monoisotopic (exact) mass is 257 g/mol.